The summed E-state index contributed by atoms with van der Waals surface area (Å²) in [6.45, 7) is 2.03. The van der Waals surface area contributed by atoms with Crippen molar-refractivity contribution in [1.82, 2.24) is 5.48 Å². The van der Waals surface area contributed by atoms with E-state index in [9.17, 15) is 4.79 Å². The van der Waals surface area contributed by atoms with Crippen LogP contribution in [-0.2, 0) is 9.63 Å². The molecule has 1 N–H and O–H groups in total. The van der Waals surface area contributed by atoms with E-state index in [0.717, 1.165) is 4.88 Å². The maximum atomic E-state index is 10.9. The van der Waals surface area contributed by atoms with Gasteiger partial charge in [0.25, 0.3) is 5.91 Å². The van der Waals surface area contributed by atoms with Gasteiger partial charge < -0.3 is 0 Å². The molecule has 0 bridgehead atoms. The predicted octanol–water partition coefficient (Wildman–Crippen LogP) is 1.75. The molecule has 0 unspecified atom stereocenters. The Hall–Kier alpha value is -1.13. The molecule has 0 aliphatic rings. The second-order valence-electron chi connectivity index (χ2n) is 2.45. The number of hydrogen-bond acceptors (Lipinski definition) is 3. The summed E-state index contributed by atoms with van der Waals surface area (Å²) in [5, 5.41) is 0. The van der Waals surface area contributed by atoms with Crippen LogP contribution in [0.25, 0.3) is 6.08 Å². The lowest BCUT2D eigenvalue weighted by molar-refractivity contribution is -0.126. The highest BCUT2D eigenvalue weighted by atomic mass is 32.1. The minimum Gasteiger partial charge on any atom is -0.277 e. The smallest absolute Gasteiger partial charge is 0.267 e. The normalized spacial score (nSPS) is 10.6. The lowest BCUT2D eigenvalue weighted by atomic mass is 10.4. The Kier molecular flexibility index (Phi) is 3.67. The summed E-state index contributed by atoms with van der Waals surface area (Å²) in [4.78, 5) is 17.6. The summed E-state index contributed by atoms with van der Waals surface area (Å²) >= 11 is 1.64. The number of carbonyl (C=O) groups excluding carboxylic acids is 1. The van der Waals surface area contributed by atoms with Crippen molar-refractivity contribution in [2.75, 3.05) is 7.11 Å². The molecule has 0 aliphatic carbocycles. The van der Waals surface area contributed by atoms with Gasteiger partial charge in [0.15, 0.2) is 0 Å². The van der Waals surface area contributed by atoms with Crippen LogP contribution in [0.1, 0.15) is 9.75 Å². The van der Waals surface area contributed by atoms with Gasteiger partial charge in [-0.3, -0.25) is 9.63 Å². The fourth-order valence-corrected chi connectivity index (χ4v) is 1.62. The van der Waals surface area contributed by atoms with Crippen LogP contribution in [0.3, 0.4) is 0 Å². The molecular formula is C9H11NO2S. The molecule has 0 radical (unpaired) electrons. The number of thiophene rings is 1. The number of nitrogens with one attached hydrogen (secondary N) is 1. The first-order valence-corrected chi connectivity index (χ1v) is 4.61. The van der Waals surface area contributed by atoms with E-state index >= 15 is 0 Å². The van der Waals surface area contributed by atoms with E-state index in [2.05, 4.69) is 10.3 Å². The molecule has 1 aromatic rings. The van der Waals surface area contributed by atoms with Gasteiger partial charge >= 0.3 is 0 Å². The van der Waals surface area contributed by atoms with Gasteiger partial charge in [-0.25, -0.2) is 5.48 Å². The van der Waals surface area contributed by atoms with Crippen LogP contribution in [0, 0.1) is 6.92 Å². The molecular weight excluding hydrogens is 186 g/mol. The lowest BCUT2D eigenvalue weighted by Crippen LogP contribution is -2.18. The Morgan fingerprint density at radius 2 is 2.38 bits per heavy atom. The molecule has 0 spiro atoms. The molecule has 0 fully saturated rings. The molecule has 1 heterocycles. The third kappa shape index (κ3) is 3.40. The Labute approximate surface area is 81.0 Å². The summed E-state index contributed by atoms with van der Waals surface area (Å²) in [7, 11) is 1.40. The minimum absolute atomic E-state index is 0.256. The molecule has 0 aliphatic heterocycles. The molecule has 0 saturated heterocycles. The van der Waals surface area contributed by atoms with Gasteiger partial charge in [-0.15, -0.1) is 11.3 Å². The number of amides is 1. The van der Waals surface area contributed by atoms with Crippen LogP contribution >= 0.6 is 11.3 Å². The van der Waals surface area contributed by atoms with Gasteiger partial charge in [-0.1, -0.05) is 0 Å². The van der Waals surface area contributed by atoms with E-state index in [1.807, 2.05) is 19.1 Å². The topological polar surface area (TPSA) is 38.3 Å². The second-order valence-corrected chi connectivity index (χ2v) is 3.77. The highest BCUT2D eigenvalue weighted by molar-refractivity contribution is 7.12. The summed E-state index contributed by atoms with van der Waals surface area (Å²) in [5.74, 6) is -0.256. The molecule has 0 aromatic carbocycles. The zero-order valence-electron chi connectivity index (χ0n) is 7.53. The maximum absolute atomic E-state index is 10.9. The van der Waals surface area contributed by atoms with Gasteiger partial charge in [-0.2, -0.15) is 0 Å². The van der Waals surface area contributed by atoms with Crippen molar-refractivity contribution in [2.24, 2.45) is 0 Å². The molecule has 3 nitrogen and oxygen atoms in total. The molecule has 1 amide bonds. The van der Waals surface area contributed by atoms with Crippen molar-refractivity contribution in [3.63, 3.8) is 0 Å². The quantitative estimate of drug-likeness (QED) is 0.592. The van der Waals surface area contributed by atoms with Crippen LogP contribution < -0.4 is 5.48 Å². The number of hydroxylamine groups is 1. The molecule has 1 rings (SSSR count). The van der Waals surface area contributed by atoms with Crippen molar-refractivity contribution >= 4 is 23.3 Å². The Bertz CT molecular complexity index is 317. The first-order valence-electron chi connectivity index (χ1n) is 3.80. The largest absolute Gasteiger partial charge is 0.277 e. The van der Waals surface area contributed by atoms with Crippen molar-refractivity contribution in [3.05, 3.63) is 28.0 Å². The predicted molar refractivity (Wildman–Crippen MR) is 53.2 cm³/mol. The number of rotatable bonds is 3. The highest BCUT2D eigenvalue weighted by Gasteiger charge is 1.94. The van der Waals surface area contributed by atoms with Gasteiger partial charge in [0.2, 0.25) is 0 Å². The number of aryl methyl sites for hydroxylation is 1. The second kappa shape index (κ2) is 4.79. The Morgan fingerprint density at radius 1 is 1.62 bits per heavy atom. The summed E-state index contributed by atoms with van der Waals surface area (Å²) in [6, 6.07) is 3.98. The van der Waals surface area contributed by atoms with Crippen LogP contribution in [0.4, 0.5) is 0 Å². The fourth-order valence-electron chi connectivity index (χ4n) is 0.835. The SMILES string of the molecule is CONC(=O)/C=C/c1ccc(C)s1. The van der Waals surface area contributed by atoms with Gasteiger partial charge in [0, 0.05) is 15.8 Å². The van der Waals surface area contributed by atoms with Gasteiger partial charge in [-0.05, 0) is 25.1 Å². The Morgan fingerprint density at radius 3 is 2.92 bits per heavy atom. The average Bonchev–Trinajstić information content (AvgIpc) is 2.49. The van der Waals surface area contributed by atoms with E-state index in [4.69, 9.17) is 0 Å². The lowest BCUT2D eigenvalue weighted by Gasteiger charge is -1.93. The summed E-state index contributed by atoms with van der Waals surface area (Å²) in [5.41, 5.74) is 2.20. The van der Waals surface area contributed by atoms with Crippen molar-refractivity contribution < 1.29 is 9.63 Å². The van der Waals surface area contributed by atoms with Crippen LogP contribution in [0.2, 0.25) is 0 Å². The van der Waals surface area contributed by atoms with Gasteiger partial charge in [0.05, 0.1) is 7.11 Å². The van der Waals surface area contributed by atoms with E-state index in [1.165, 1.54) is 18.1 Å². The van der Waals surface area contributed by atoms with Crippen molar-refractivity contribution in [1.29, 1.82) is 0 Å². The zero-order chi connectivity index (χ0) is 9.68. The van der Waals surface area contributed by atoms with E-state index in [0.29, 0.717) is 0 Å². The summed E-state index contributed by atoms with van der Waals surface area (Å²) in [6.07, 6.45) is 3.20. The average molecular weight is 197 g/mol. The zero-order valence-corrected chi connectivity index (χ0v) is 8.35. The molecule has 0 saturated carbocycles. The summed E-state index contributed by atoms with van der Waals surface area (Å²) < 4.78 is 0. The van der Waals surface area contributed by atoms with Crippen molar-refractivity contribution in [2.45, 2.75) is 6.92 Å². The molecule has 1 aromatic heterocycles. The van der Waals surface area contributed by atoms with Gasteiger partial charge in [0.1, 0.15) is 0 Å². The fraction of sp³-hybridized carbons (Fsp3) is 0.222. The number of hydrogen-bond donors (Lipinski definition) is 1. The monoisotopic (exact) mass is 197 g/mol. The van der Waals surface area contributed by atoms with E-state index in [1.54, 1.807) is 17.4 Å². The van der Waals surface area contributed by atoms with Crippen LogP contribution in [-0.4, -0.2) is 13.0 Å². The Balaban J connectivity index is 2.53. The minimum atomic E-state index is -0.256. The van der Waals surface area contributed by atoms with E-state index in [-0.39, 0.29) is 5.91 Å². The third-order valence-electron chi connectivity index (χ3n) is 1.36. The molecule has 0 atom stereocenters. The number of carbonyl (C=O) groups is 1. The van der Waals surface area contributed by atoms with Crippen LogP contribution in [0.5, 0.6) is 0 Å². The molecule has 4 heteroatoms. The van der Waals surface area contributed by atoms with Crippen LogP contribution in [0.15, 0.2) is 18.2 Å². The maximum Gasteiger partial charge on any atom is 0.267 e. The first kappa shape index (κ1) is 9.95. The molecule has 13 heavy (non-hydrogen) atoms. The highest BCUT2D eigenvalue weighted by Crippen LogP contribution is 2.15. The van der Waals surface area contributed by atoms with Crippen molar-refractivity contribution in [3.8, 4) is 0 Å². The third-order valence-corrected chi connectivity index (χ3v) is 2.33. The first-order chi connectivity index (χ1) is 6.22. The standard InChI is InChI=1S/C9H11NO2S/c1-7-3-4-8(13-7)5-6-9(11)10-12-2/h3-6H,1-2H3,(H,10,11)/b6-5+. The van der Waals surface area contributed by atoms with E-state index < -0.39 is 0 Å². The molecule has 70 valence electrons.